The van der Waals surface area contributed by atoms with E-state index in [0.29, 0.717) is 12.4 Å². The highest BCUT2D eigenvalue weighted by molar-refractivity contribution is 5.64. The minimum absolute atomic E-state index is 0.651. The Hall–Kier alpha value is -3.28. The zero-order chi connectivity index (χ0) is 18.4. The average molecular weight is 350 g/mol. The molecule has 0 saturated heterocycles. The Bertz CT molecular complexity index is 849. The molecular weight excluding hydrogens is 328 g/mol. The maximum absolute atomic E-state index is 5.46. The smallest absolute Gasteiger partial charge is 0.136 e. The first-order chi connectivity index (χ1) is 12.7. The summed E-state index contributed by atoms with van der Waals surface area (Å²) in [5, 5.41) is 6.57. The zero-order valence-electron chi connectivity index (χ0n) is 15.1. The summed E-state index contributed by atoms with van der Waals surface area (Å²) < 4.78 is 10.6. The average Bonchev–Trinajstić information content (AvgIpc) is 2.64. The normalized spacial score (nSPS) is 10.3. The summed E-state index contributed by atoms with van der Waals surface area (Å²) >= 11 is 0. The first kappa shape index (κ1) is 17.5. The van der Waals surface area contributed by atoms with Crippen molar-refractivity contribution >= 4 is 23.0 Å². The maximum atomic E-state index is 5.46. The van der Waals surface area contributed by atoms with Crippen molar-refractivity contribution in [2.45, 2.75) is 13.8 Å². The molecule has 0 saturated carbocycles. The first-order valence-corrected chi connectivity index (χ1v) is 8.43. The second-order valence-corrected chi connectivity index (χ2v) is 5.62. The van der Waals surface area contributed by atoms with E-state index in [2.05, 4.69) is 20.6 Å². The van der Waals surface area contributed by atoms with Gasteiger partial charge in [0, 0.05) is 17.4 Å². The molecule has 0 unspecified atom stereocenters. The fraction of sp³-hybridized carbons (Fsp3) is 0.200. The van der Waals surface area contributed by atoms with Gasteiger partial charge in [-0.2, -0.15) is 0 Å². The lowest BCUT2D eigenvalue weighted by Crippen LogP contribution is -2.01. The van der Waals surface area contributed by atoms with Gasteiger partial charge in [-0.15, -0.1) is 0 Å². The third-order valence-electron chi connectivity index (χ3n) is 3.64. The molecule has 1 aromatic heterocycles. The molecule has 2 N–H and O–H groups in total. The van der Waals surface area contributed by atoms with Gasteiger partial charge >= 0.3 is 0 Å². The van der Waals surface area contributed by atoms with Crippen LogP contribution in [0.25, 0.3) is 0 Å². The predicted octanol–water partition coefficient (Wildman–Crippen LogP) is 4.68. The number of aryl methyl sites for hydroxylation is 1. The molecule has 3 aromatic rings. The van der Waals surface area contributed by atoms with E-state index in [1.165, 1.54) is 0 Å². The second-order valence-electron chi connectivity index (χ2n) is 5.62. The minimum Gasteiger partial charge on any atom is -0.497 e. The molecule has 6 heteroatoms. The van der Waals surface area contributed by atoms with Crippen LogP contribution in [-0.4, -0.2) is 23.7 Å². The van der Waals surface area contributed by atoms with Gasteiger partial charge < -0.3 is 20.1 Å². The number of anilines is 4. The van der Waals surface area contributed by atoms with Crippen LogP contribution in [0.15, 0.2) is 54.6 Å². The summed E-state index contributed by atoms with van der Waals surface area (Å²) in [6.07, 6.45) is 0. The Morgan fingerprint density at radius 2 is 1.31 bits per heavy atom. The van der Waals surface area contributed by atoms with E-state index in [9.17, 15) is 0 Å². The van der Waals surface area contributed by atoms with Gasteiger partial charge in [0.05, 0.1) is 13.7 Å². The molecule has 0 aliphatic heterocycles. The second kappa shape index (κ2) is 8.20. The molecule has 1 heterocycles. The highest BCUT2D eigenvalue weighted by Gasteiger charge is 2.04. The van der Waals surface area contributed by atoms with Gasteiger partial charge in [-0.1, -0.05) is 0 Å². The Kier molecular flexibility index (Phi) is 5.53. The molecule has 0 fully saturated rings. The third-order valence-corrected chi connectivity index (χ3v) is 3.64. The quantitative estimate of drug-likeness (QED) is 0.645. The van der Waals surface area contributed by atoms with E-state index in [1.807, 2.05) is 68.4 Å². The standard InChI is InChI=1S/C20H22N4O2/c1-4-26-18-11-7-16(8-12-18)24-20-13-19(21-14(2)22-20)23-15-5-9-17(25-3)10-6-15/h5-13H,4H2,1-3H3,(H2,21,22,23,24). The van der Waals surface area contributed by atoms with E-state index in [1.54, 1.807) is 7.11 Å². The summed E-state index contributed by atoms with van der Waals surface area (Å²) in [7, 11) is 1.65. The molecule has 2 aromatic carbocycles. The van der Waals surface area contributed by atoms with E-state index in [4.69, 9.17) is 9.47 Å². The monoisotopic (exact) mass is 350 g/mol. The Labute approximate surface area is 153 Å². The fourth-order valence-corrected chi connectivity index (χ4v) is 2.47. The van der Waals surface area contributed by atoms with Crippen LogP contribution in [0.3, 0.4) is 0 Å². The number of benzene rings is 2. The van der Waals surface area contributed by atoms with Crippen molar-refractivity contribution in [2.24, 2.45) is 0 Å². The number of rotatable bonds is 7. The number of ether oxygens (including phenoxy) is 2. The number of nitrogens with zero attached hydrogens (tertiary/aromatic N) is 2. The molecule has 0 spiro atoms. The van der Waals surface area contributed by atoms with Crippen molar-refractivity contribution in [3.8, 4) is 11.5 Å². The molecule has 0 aliphatic carbocycles. The number of nitrogens with one attached hydrogen (secondary N) is 2. The lowest BCUT2D eigenvalue weighted by atomic mass is 10.3. The van der Waals surface area contributed by atoms with E-state index in [-0.39, 0.29) is 0 Å². The van der Waals surface area contributed by atoms with Crippen LogP contribution in [0.2, 0.25) is 0 Å². The Morgan fingerprint density at radius 3 is 1.77 bits per heavy atom. The first-order valence-electron chi connectivity index (χ1n) is 8.43. The maximum Gasteiger partial charge on any atom is 0.136 e. The minimum atomic E-state index is 0.651. The van der Waals surface area contributed by atoms with Crippen LogP contribution in [0.4, 0.5) is 23.0 Å². The Morgan fingerprint density at radius 1 is 0.808 bits per heavy atom. The van der Waals surface area contributed by atoms with Crippen molar-refractivity contribution in [2.75, 3.05) is 24.4 Å². The summed E-state index contributed by atoms with van der Waals surface area (Å²) in [4.78, 5) is 8.88. The van der Waals surface area contributed by atoms with Crippen LogP contribution >= 0.6 is 0 Å². The summed E-state index contributed by atoms with van der Waals surface area (Å²) in [6, 6.07) is 17.3. The van der Waals surface area contributed by atoms with Crippen molar-refractivity contribution in [3.05, 3.63) is 60.4 Å². The van der Waals surface area contributed by atoms with Gasteiger partial charge in [-0.3, -0.25) is 0 Å². The summed E-state index contributed by atoms with van der Waals surface area (Å²) in [5.41, 5.74) is 1.86. The van der Waals surface area contributed by atoms with Gasteiger partial charge in [0.1, 0.15) is 29.0 Å². The van der Waals surface area contributed by atoms with E-state index >= 15 is 0 Å². The number of aromatic nitrogens is 2. The molecule has 0 atom stereocenters. The van der Waals surface area contributed by atoms with Gasteiger partial charge in [-0.05, 0) is 62.4 Å². The Balaban J connectivity index is 1.74. The van der Waals surface area contributed by atoms with Crippen molar-refractivity contribution in [3.63, 3.8) is 0 Å². The topological polar surface area (TPSA) is 68.3 Å². The molecule has 26 heavy (non-hydrogen) atoms. The van der Waals surface area contributed by atoms with E-state index in [0.717, 1.165) is 34.5 Å². The van der Waals surface area contributed by atoms with Crippen LogP contribution in [0, 0.1) is 6.92 Å². The largest absolute Gasteiger partial charge is 0.497 e. The molecule has 0 amide bonds. The molecule has 0 aliphatic rings. The highest BCUT2D eigenvalue weighted by Crippen LogP contribution is 2.23. The molecule has 6 nitrogen and oxygen atoms in total. The lowest BCUT2D eigenvalue weighted by molar-refractivity contribution is 0.340. The predicted molar refractivity (Wildman–Crippen MR) is 104 cm³/mol. The summed E-state index contributed by atoms with van der Waals surface area (Å²) in [6.45, 7) is 4.48. The van der Waals surface area contributed by atoms with Crippen molar-refractivity contribution < 1.29 is 9.47 Å². The number of hydrogen-bond donors (Lipinski definition) is 2. The third kappa shape index (κ3) is 4.63. The fourth-order valence-electron chi connectivity index (χ4n) is 2.47. The zero-order valence-corrected chi connectivity index (χ0v) is 15.1. The van der Waals surface area contributed by atoms with Crippen LogP contribution in [0.5, 0.6) is 11.5 Å². The SMILES string of the molecule is CCOc1ccc(Nc2cc(Nc3ccc(OC)cc3)nc(C)n2)cc1. The van der Waals surface area contributed by atoms with Gasteiger partial charge in [0.25, 0.3) is 0 Å². The highest BCUT2D eigenvalue weighted by atomic mass is 16.5. The molecule has 134 valence electrons. The lowest BCUT2D eigenvalue weighted by Gasteiger charge is -2.11. The summed E-state index contributed by atoms with van der Waals surface area (Å²) in [5.74, 6) is 3.77. The molecule has 3 rings (SSSR count). The van der Waals surface area contributed by atoms with E-state index < -0.39 is 0 Å². The van der Waals surface area contributed by atoms with Gasteiger partial charge in [-0.25, -0.2) is 9.97 Å². The van der Waals surface area contributed by atoms with Crippen LogP contribution in [-0.2, 0) is 0 Å². The van der Waals surface area contributed by atoms with Crippen molar-refractivity contribution in [1.82, 2.24) is 9.97 Å². The molecule has 0 bridgehead atoms. The van der Waals surface area contributed by atoms with Crippen LogP contribution < -0.4 is 20.1 Å². The van der Waals surface area contributed by atoms with Gasteiger partial charge in [0.15, 0.2) is 0 Å². The van der Waals surface area contributed by atoms with Crippen LogP contribution in [0.1, 0.15) is 12.7 Å². The van der Waals surface area contributed by atoms with Gasteiger partial charge in [0.2, 0.25) is 0 Å². The number of methoxy groups -OCH3 is 1. The molecular formula is C20H22N4O2. The van der Waals surface area contributed by atoms with Crippen molar-refractivity contribution in [1.29, 1.82) is 0 Å². The number of hydrogen-bond acceptors (Lipinski definition) is 6. The molecule has 0 radical (unpaired) electrons.